The lowest BCUT2D eigenvalue weighted by Gasteiger charge is -2.11. The maximum atomic E-state index is 12.4. The van der Waals surface area contributed by atoms with Crippen molar-refractivity contribution in [1.82, 2.24) is 5.43 Å². The van der Waals surface area contributed by atoms with Crippen LogP contribution in [0.25, 0.3) is 10.1 Å². The Morgan fingerprint density at radius 3 is 2.39 bits per heavy atom. The molecular weight excluding hydrogens is 488 g/mol. The molecule has 11 nitrogen and oxygen atoms in total. The monoisotopic (exact) mass is 506 g/mol. The Bertz CT molecular complexity index is 1480. The molecule has 0 fully saturated rings. The zero-order valence-corrected chi connectivity index (χ0v) is 19.6. The van der Waals surface area contributed by atoms with E-state index < -0.39 is 15.8 Å². The van der Waals surface area contributed by atoms with Gasteiger partial charge >= 0.3 is 0 Å². The van der Waals surface area contributed by atoms with Crippen molar-refractivity contribution in [2.75, 3.05) is 7.11 Å². The summed E-state index contributed by atoms with van der Waals surface area (Å²) in [7, 11) is 1.49. The number of ether oxygens (including phenoxy) is 2. The van der Waals surface area contributed by atoms with Gasteiger partial charge in [0.25, 0.3) is 17.3 Å². The van der Waals surface area contributed by atoms with Crippen LogP contribution in [-0.4, -0.2) is 29.1 Å². The highest BCUT2D eigenvalue weighted by Gasteiger charge is 2.13. The minimum Gasteiger partial charge on any atom is -0.493 e. The summed E-state index contributed by atoms with van der Waals surface area (Å²) in [5.74, 6) is 0.472. The normalized spacial score (nSPS) is 10.9. The molecule has 0 aliphatic rings. The molecule has 1 amide bonds. The molecule has 3 aromatic carbocycles. The molecule has 0 aliphatic heterocycles. The van der Waals surface area contributed by atoms with Crippen LogP contribution < -0.4 is 14.9 Å². The Hall–Kier alpha value is -4.84. The van der Waals surface area contributed by atoms with Crippen LogP contribution in [0.2, 0.25) is 0 Å². The Morgan fingerprint density at radius 2 is 1.69 bits per heavy atom. The predicted octanol–water partition coefficient (Wildman–Crippen LogP) is 5.07. The number of nitro groups is 2. The van der Waals surface area contributed by atoms with E-state index in [1.54, 1.807) is 42.5 Å². The van der Waals surface area contributed by atoms with Crippen molar-refractivity contribution in [3.8, 4) is 11.5 Å². The van der Waals surface area contributed by atoms with Gasteiger partial charge in [0.2, 0.25) is 0 Å². The zero-order chi connectivity index (χ0) is 25.7. The molecule has 0 atom stereocenters. The van der Waals surface area contributed by atoms with Crippen molar-refractivity contribution in [2.24, 2.45) is 5.10 Å². The number of nitrogens with one attached hydrogen (secondary N) is 1. The van der Waals surface area contributed by atoms with Crippen LogP contribution in [0.4, 0.5) is 11.4 Å². The van der Waals surface area contributed by atoms with E-state index in [4.69, 9.17) is 9.47 Å². The van der Waals surface area contributed by atoms with Gasteiger partial charge in [-0.15, -0.1) is 11.3 Å². The van der Waals surface area contributed by atoms with E-state index in [-0.39, 0.29) is 18.0 Å². The fraction of sp³-hybridized carbons (Fsp3) is 0.0833. The molecule has 4 rings (SSSR count). The van der Waals surface area contributed by atoms with Gasteiger partial charge in [-0.3, -0.25) is 25.0 Å². The number of amides is 1. The number of rotatable bonds is 9. The van der Waals surface area contributed by atoms with Gasteiger partial charge in [-0.2, -0.15) is 5.10 Å². The van der Waals surface area contributed by atoms with E-state index >= 15 is 0 Å². The largest absolute Gasteiger partial charge is 0.493 e. The van der Waals surface area contributed by atoms with Crippen LogP contribution in [0.1, 0.15) is 20.8 Å². The highest BCUT2D eigenvalue weighted by molar-refractivity contribution is 7.20. The lowest BCUT2D eigenvalue weighted by Crippen LogP contribution is -2.16. The Morgan fingerprint density at radius 1 is 0.972 bits per heavy atom. The van der Waals surface area contributed by atoms with E-state index in [1.165, 1.54) is 48.9 Å². The molecule has 0 radical (unpaired) electrons. The number of hydrazone groups is 1. The van der Waals surface area contributed by atoms with Crippen molar-refractivity contribution < 1.29 is 24.1 Å². The number of carbonyl (C=O) groups is 1. The van der Waals surface area contributed by atoms with Gasteiger partial charge in [0, 0.05) is 34.4 Å². The second-order valence-corrected chi connectivity index (χ2v) is 8.50. The van der Waals surface area contributed by atoms with Gasteiger partial charge in [0.15, 0.2) is 11.5 Å². The Kier molecular flexibility index (Phi) is 7.16. The van der Waals surface area contributed by atoms with Crippen molar-refractivity contribution in [3.05, 3.63) is 103 Å². The number of non-ortho nitro benzene ring substituents is 2. The Labute approximate surface area is 207 Å². The summed E-state index contributed by atoms with van der Waals surface area (Å²) in [6.45, 7) is 0.191. The standard InChI is InChI=1S/C24H18N4O7S/c1-34-21-10-16(4-8-20(21)35-14-15-2-5-18(6-3-15)27(30)31)13-25-26-24(29)23-12-17-11-19(28(32)33)7-9-22(17)36-23/h2-13H,14H2,1H3,(H,26,29)/b25-13-. The van der Waals surface area contributed by atoms with Crippen LogP contribution in [0.15, 0.2) is 71.8 Å². The zero-order valence-electron chi connectivity index (χ0n) is 18.7. The fourth-order valence-electron chi connectivity index (χ4n) is 3.24. The van der Waals surface area contributed by atoms with E-state index in [2.05, 4.69) is 10.5 Å². The minimum atomic E-state index is -0.485. The van der Waals surface area contributed by atoms with Crippen LogP contribution >= 0.6 is 11.3 Å². The lowest BCUT2D eigenvalue weighted by molar-refractivity contribution is -0.385. The van der Waals surface area contributed by atoms with Crippen LogP contribution in [0, 0.1) is 20.2 Å². The van der Waals surface area contributed by atoms with Crippen LogP contribution in [-0.2, 0) is 6.61 Å². The molecule has 0 spiro atoms. The molecule has 0 bridgehead atoms. The smallest absolute Gasteiger partial charge is 0.281 e. The number of hydrogen-bond donors (Lipinski definition) is 1. The van der Waals surface area contributed by atoms with E-state index in [9.17, 15) is 25.0 Å². The summed E-state index contributed by atoms with van der Waals surface area (Å²) in [4.78, 5) is 33.6. The fourth-order valence-corrected chi connectivity index (χ4v) is 4.17. The SMILES string of the molecule is COc1cc(/C=N\NC(=O)c2cc3cc([N+](=O)[O-])ccc3s2)ccc1OCc1ccc([N+](=O)[O-])cc1. The topological polar surface area (TPSA) is 146 Å². The molecule has 0 aliphatic carbocycles. The maximum Gasteiger partial charge on any atom is 0.281 e. The van der Waals surface area contributed by atoms with E-state index in [1.807, 2.05) is 0 Å². The first kappa shape index (κ1) is 24.3. The van der Waals surface area contributed by atoms with Gasteiger partial charge in [-0.25, -0.2) is 5.43 Å². The number of carbonyl (C=O) groups excluding carboxylic acids is 1. The molecule has 182 valence electrons. The molecule has 1 N–H and O–H groups in total. The Balaban J connectivity index is 1.38. The number of nitrogens with zero attached hydrogens (tertiary/aromatic N) is 3. The number of hydrogen-bond acceptors (Lipinski definition) is 9. The van der Waals surface area contributed by atoms with Crippen LogP contribution in [0.3, 0.4) is 0 Å². The molecule has 0 saturated carbocycles. The molecule has 4 aromatic rings. The number of fused-ring (bicyclic) bond motifs is 1. The van der Waals surface area contributed by atoms with Gasteiger partial charge in [0.05, 0.1) is 28.0 Å². The summed E-state index contributed by atoms with van der Waals surface area (Å²) >= 11 is 1.21. The molecular formula is C24H18N4O7S. The number of thiophene rings is 1. The first-order valence-electron chi connectivity index (χ1n) is 10.4. The van der Waals surface area contributed by atoms with Crippen molar-refractivity contribution in [3.63, 3.8) is 0 Å². The summed E-state index contributed by atoms with van der Waals surface area (Å²) in [5, 5.41) is 26.3. The quantitative estimate of drug-likeness (QED) is 0.189. The minimum absolute atomic E-state index is 0.00314. The molecule has 0 unspecified atom stereocenters. The van der Waals surface area contributed by atoms with Gasteiger partial charge < -0.3 is 9.47 Å². The second kappa shape index (κ2) is 10.6. The highest BCUT2D eigenvalue weighted by Crippen LogP contribution is 2.30. The van der Waals surface area contributed by atoms with Crippen molar-refractivity contribution >= 4 is 44.9 Å². The van der Waals surface area contributed by atoms with Gasteiger partial charge in [-0.1, -0.05) is 0 Å². The average Bonchev–Trinajstić information content (AvgIpc) is 3.31. The maximum absolute atomic E-state index is 12.4. The third-order valence-electron chi connectivity index (χ3n) is 5.04. The van der Waals surface area contributed by atoms with Crippen molar-refractivity contribution in [1.29, 1.82) is 0 Å². The van der Waals surface area contributed by atoms with E-state index in [0.717, 1.165) is 10.3 Å². The van der Waals surface area contributed by atoms with E-state index in [0.29, 0.717) is 27.3 Å². The van der Waals surface area contributed by atoms with Gasteiger partial charge in [-0.05, 0) is 53.6 Å². The number of methoxy groups -OCH3 is 1. The summed E-state index contributed by atoms with van der Waals surface area (Å²) in [6, 6.07) is 17.1. The predicted molar refractivity (Wildman–Crippen MR) is 134 cm³/mol. The lowest BCUT2D eigenvalue weighted by atomic mass is 10.2. The molecule has 1 heterocycles. The molecule has 1 aromatic heterocycles. The van der Waals surface area contributed by atoms with Gasteiger partial charge in [0.1, 0.15) is 6.61 Å². The molecule has 36 heavy (non-hydrogen) atoms. The number of benzene rings is 3. The number of nitro benzene ring substituents is 2. The summed E-state index contributed by atoms with van der Waals surface area (Å²) < 4.78 is 11.9. The average molecular weight is 506 g/mol. The molecule has 12 heteroatoms. The third kappa shape index (κ3) is 5.62. The first-order valence-corrected chi connectivity index (χ1v) is 11.2. The second-order valence-electron chi connectivity index (χ2n) is 7.41. The summed E-state index contributed by atoms with van der Waals surface area (Å²) in [6.07, 6.45) is 1.44. The third-order valence-corrected chi connectivity index (χ3v) is 6.16. The van der Waals surface area contributed by atoms with Crippen LogP contribution in [0.5, 0.6) is 11.5 Å². The van der Waals surface area contributed by atoms with Crippen molar-refractivity contribution in [2.45, 2.75) is 6.61 Å². The summed E-state index contributed by atoms with van der Waals surface area (Å²) in [5.41, 5.74) is 3.80. The first-order chi connectivity index (χ1) is 17.3. The highest BCUT2D eigenvalue weighted by atomic mass is 32.1. The molecule has 0 saturated heterocycles.